The van der Waals surface area contributed by atoms with Gasteiger partial charge in [-0.05, 0) is 29.3 Å². The highest BCUT2D eigenvalue weighted by atomic mass is 79.9. The highest BCUT2D eigenvalue weighted by Crippen LogP contribution is 2.37. The van der Waals surface area contributed by atoms with Crippen molar-refractivity contribution in [2.24, 2.45) is 0 Å². The van der Waals surface area contributed by atoms with Gasteiger partial charge in [0.2, 0.25) is 0 Å². The Hall–Kier alpha value is -1.31. The molecule has 8 heteroatoms. The average Bonchev–Trinajstić information content (AvgIpc) is 2.73. The van der Waals surface area contributed by atoms with Gasteiger partial charge >= 0.3 is 6.18 Å². The third kappa shape index (κ3) is 1.89. The molecule has 0 amide bonds. The van der Waals surface area contributed by atoms with Crippen LogP contribution in [0.4, 0.5) is 19.0 Å². The Kier molecular flexibility index (Phi) is 2.74. The fourth-order valence-electron chi connectivity index (χ4n) is 2.22. The molecule has 1 atom stereocenters. The van der Waals surface area contributed by atoms with Crippen molar-refractivity contribution in [3.63, 3.8) is 0 Å². The van der Waals surface area contributed by atoms with Crippen molar-refractivity contribution in [3.05, 3.63) is 22.7 Å². The third-order valence-corrected chi connectivity index (χ3v) is 3.89. The minimum absolute atomic E-state index is 0.209. The molecule has 0 aromatic carbocycles. The smallest absolute Gasteiger partial charge is 0.351 e. The minimum Gasteiger partial charge on any atom is -0.351 e. The molecule has 4 nitrogen and oxygen atoms in total. The van der Waals surface area contributed by atoms with Crippen molar-refractivity contribution < 1.29 is 13.2 Å². The summed E-state index contributed by atoms with van der Waals surface area (Å²) >= 11 is 2.92. The van der Waals surface area contributed by atoms with Crippen molar-refractivity contribution in [1.29, 1.82) is 0 Å². The first kappa shape index (κ1) is 12.7. The van der Waals surface area contributed by atoms with Gasteiger partial charge in [-0.1, -0.05) is 0 Å². The zero-order valence-corrected chi connectivity index (χ0v) is 11.5. The van der Waals surface area contributed by atoms with Crippen LogP contribution < -0.4 is 4.90 Å². The second kappa shape index (κ2) is 4.09. The minimum atomic E-state index is -4.48. The summed E-state index contributed by atoms with van der Waals surface area (Å²) in [5.74, 6) is 0.489. The van der Waals surface area contributed by atoms with Gasteiger partial charge in [0.25, 0.3) is 0 Å². The lowest BCUT2D eigenvalue weighted by atomic mass is 10.1. The van der Waals surface area contributed by atoms with E-state index in [-0.39, 0.29) is 16.3 Å². The predicted octanol–water partition coefficient (Wildman–Crippen LogP) is 3.11. The molecule has 1 aliphatic heterocycles. The highest BCUT2D eigenvalue weighted by molar-refractivity contribution is 9.10. The van der Waals surface area contributed by atoms with E-state index >= 15 is 0 Å². The van der Waals surface area contributed by atoms with Crippen LogP contribution in [0.25, 0.3) is 5.65 Å². The maximum Gasteiger partial charge on any atom is 0.434 e. The number of fused-ring (bicyclic) bond motifs is 1. The molecular weight excluding hydrogens is 325 g/mol. The molecule has 19 heavy (non-hydrogen) atoms. The van der Waals surface area contributed by atoms with E-state index < -0.39 is 11.9 Å². The number of alkyl halides is 3. The van der Waals surface area contributed by atoms with E-state index in [1.54, 1.807) is 0 Å². The van der Waals surface area contributed by atoms with E-state index in [0.717, 1.165) is 17.4 Å². The van der Waals surface area contributed by atoms with Gasteiger partial charge in [0, 0.05) is 25.0 Å². The summed E-state index contributed by atoms with van der Waals surface area (Å²) in [6, 6.07) is 0.275. The summed E-state index contributed by atoms with van der Waals surface area (Å²) in [6.07, 6.45) is -0.817. The number of rotatable bonds is 1. The molecule has 3 heterocycles. The zero-order valence-electron chi connectivity index (χ0n) is 9.95. The SMILES string of the molecule is C[C@H]1CCN1c1nc(Br)c(C(F)(F)F)n2ccnc12. The van der Waals surface area contributed by atoms with Crippen LogP contribution in [0.3, 0.4) is 0 Å². The fraction of sp³-hybridized carbons (Fsp3) is 0.455. The first-order valence-electron chi connectivity index (χ1n) is 5.76. The topological polar surface area (TPSA) is 33.4 Å². The van der Waals surface area contributed by atoms with E-state index in [1.165, 1.54) is 12.4 Å². The maximum atomic E-state index is 13.0. The molecule has 0 N–H and O–H groups in total. The number of anilines is 1. The molecule has 0 saturated carbocycles. The molecule has 0 spiro atoms. The molecule has 0 bridgehead atoms. The zero-order chi connectivity index (χ0) is 13.8. The van der Waals surface area contributed by atoms with E-state index in [4.69, 9.17) is 0 Å². The normalized spacial score (nSPS) is 19.8. The van der Waals surface area contributed by atoms with E-state index in [9.17, 15) is 13.2 Å². The number of nitrogens with zero attached hydrogens (tertiary/aromatic N) is 4. The first-order valence-corrected chi connectivity index (χ1v) is 6.55. The number of halogens is 4. The Morgan fingerprint density at radius 3 is 2.68 bits per heavy atom. The Morgan fingerprint density at radius 2 is 2.16 bits per heavy atom. The summed E-state index contributed by atoms with van der Waals surface area (Å²) in [7, 11) is 0. The second-order valence-electron chi connectivity index (χ2n) is 4.52. The largest absolute Gasteiger partial charge is 0.434 e. The lowest BCUT2D eigenvalue weighted by Crippen LogP contribution is -2.46. The van der Waals surface area contributed by atoms with Gasteiger partial charge in [-0.3, -0.25) is 4.40 Å². The monoisotopic (exact) mass is 334 g/mol. The van der Waals surface area contributed by atoms with Crippen LogP contribution in [0.1, 0.15) is 19.0 Å². The summed E-state index contributed by atoms with van der Waals surface area (Å²) in [4.78, 5) is 10.0. The van der Waals surface area contributed by atoms with E-state index in [0.29, 0.717) is 5.82 Å². The van der Waals surface area contributed by atoms with Crippen molar-refractivity contribution in [3.8, 4) is 0 Å². The second-order valence-corrected chi connectivity index (χ2v) is 5.28. The lowest BCUT2D eigenvalue weighted by Gasteiger charge is -2.39. The van der Waals surface area contributed by atoms with Gasteiger partial charge in [-0.25, -0.2) is 9.97 Å². The van der Waals surface area contributed by atoms with E-state index in [2.05, 4.69) is 25.9 Å². The number of aromatic nitrogens is 3. The fourth-order valence-corrected chi connectivity index (χ4v) is 2.81. The van der Waals surface area contributed by atoms with Crippen LogP contribution in [-0.2, 0) is 6.18 Å². The molecule has 3 rings (SSSR count). The predicted molar refractivity (Wildman–Crippen MR) is 67.1 cm³/mol. The number of hydrogen-bond acceptors (Lipinski definition) is 3. The van der Waals surface area contributed by atoms with Gasteiger partial charge < -0.3 is 4.90 Å². The van der Waals surface area contributed by atoms with Crippen molar-refractivity contribution >= 4 is 27.4 Å². The van der Waals surface area contributed by atoms with Crippen LogP contribution in [0.15, 0.2) is 17.0 Å². The van der Waals surface area contributed by atoms with E-state index in [1.807, 2.05) is 11.8 Å². The Bertz CT molecular complexity index is 637. The van der Waals surface area contributed by atoms with Crippen molar-refractivity contribution in [2.45, 2.75) is 25.6 Å². The maximum absolute atomic E-state index is 13.0. The van der Waals surface area contributed by atoms with Crippen molar-refractivity contribution in [1.82, 2.24) is 14.4 Å². The first-order chi connectivity index (χ1) is 8.89. The summed E-state index contributed by atoms with van der Waals surface area (Å²) in [5.41, 5.74) is -0.598. The molecule has 2 aromatic heterocycles. The number of hydrogen-bond donors (Lipinski definition) is 0. The Morgan fingerprint density at radius 1 is 1.42 bits per heavy atom. The third-order valence-electron chi connectivity index (χ3n) is 3.34. The molecular formula is C11H10BrF3N4. The number of imidazole rings is 1. The molecule has 0 unspecified atom stereocenters. The van der Waals surface area contributed by atoms with Crippen LogP contribution in [0, 0.1) is 0 Å². The van der Waals surface area contributed by atoms with Crippen LogP contribution >= 0.6 is 15.9 Å². The summed E-state index contributed by atoms with van der Waals surface area (Å²) in [5, 5.41) is 0. The Balaban J connectivity index is 2.25. The van der Waals surface area contributed by atoms with Gasteiger partial charge in [0.1, 0.15) is 4.60 Å². The van der Waals surface area contributed by atoms with Crippen LogP contribution in [-0.4, -0.2) is 27.0 Å². The van der Waals surface area contributed by atoms with Gasteiger partial charge in [0.15, 0.2) is 17.2 Å². The highest BCUT2D eigenvalue weighted by Gasteiger charge is 2.39. The molecule has 2 aromatic rings. The molecule has 102 valence electrons. The van der Waals surface area contributed by atoms with Crippen LogP contribution in [0.5, 0.6) is 0 Å². The molecule has 1 saturated heterocycles. The van der Waals surface area contributed by atoms with Crippen LogP contribution in [0.2, 0.25) is 0 Å². The molecule has 0 radical (unpaired) electrons. The summed E-state index contributed by atoms with van der Waals surface area (Å²) in [6.45, 7) is 2.80. The van der Waals surface area contributed by atoms with Gasteiger partial charge in [0.05, 0.1) is 0 Å². The average molecular weight is 335 g/mol. The Labute approximate surface area is 115 Å². The quantitative estimate of drug-likeness (QED) is 0.803. The standard InChI is InChI=1S/C11H10BrF3N4/c1-6-2-4-18(6)10-9-16-3-5-19(9)7(8(12)17-10)11(13,14)15/h3,5-6H,2,4H2,1H3/t6-/m0/s1. The molecule has 1 fully saturated rings. The molecule has 1 aliphatic rings. The lowest BCUT2D eigenvalue weighted by molar-refractivity contribution is -0.142. The molecule has 0 aliphatic carbocycles. The summed E-state index contributed by atoms with van der Waals surface area (Å²) < 4.78 is 39.9. The van der Waals surface area contributed by atoms with Gasteiger partial charge in [-0.15, -0.1) is 0 Å². The van der Waals surface area contributed by atoms with Gasteiger partial charge in [-0.2, -0.15) is 13.2 Å². The van der Waals surface area contributed by atoms with Crippen molar-refractivity contribution in [2.75, 3.05) is 11.4 Å².